The van der Waals surface area contributed by atoms with Gasteiger partial charge in [0.25, 0.3) is 0 Å². The third kappa shape index (κ3) is 1.36. The molecule has 0 saturated carbocycles. The molecule has 1 atom stereocenters. The fraction of sp³-hybridized carbons (Fsp3) is 0.273. The molecule has 0 bridgehead atoms. The summed E-state index contributed by atoms with van der Waals surface area (Å²) in [7, 11) is 0. The Kier molecular flexibility index (Phi) is 2.07. The first-order chi connectivity index (χ1) is 7.75. The number of nitrogens with one attached hydrogen (secondary N) is 2. The summed E-state index contributed by atoms with van der Waals surface area (Å²) in [6.07, 6.45) is 3.72. The monoisotopic (exact) mass is 223 g/mol. The van der Waals surface area contributed by atoms with E-state index in [2.05, 4.69) is 10.6 Å². The summed E-state index contributed by atoms with van der Waals surface area (Å²) < 4.78 is 26.4. The van der Waals surface area contributed by atoms with Crippen molar-refractivity contribution in [1.82, 2.24) is 10.6 Å². The second-order valence-corrected chi connectivity index (χ2v) is 3.93. The van der Waals surface area contributed by atoms with Gasteiger partial charge in [-0.2, -0.15) is 0 Å². The molecule has 0 saturated heterocycles. The van der Waals surface area contributed by atoms with Crippen LogP contribution in [-0.2, 0) is 6.54 Å². The minimum absolute atomic E-state index is 0.0751. The van der Waals surface area contributed by atoms with Crippen molar-refractivity contribution >= 4 is 5.69 Å². The third-order valence-electron chi connectivity index (χ3n) is 2.91. The van der Waals surface area contributed by atoms with Crippen molar-refractivity contribution in [2.45, 2.75) is 12.7 Å². The Morgan fingerprint density at radius 1 is 1.25 bits per heavy atom. The molecule has 2 heterocycles. The molecule has 0 spiro atoms. The standard InChI is InChI=1S/C11H11F2N3/c12-8-3-7-5-14-6-11-15-1-2-16(11)10(7)4-9(8)13/h1-4,11,14-15H,5-6H2. The summed E-state index contributed by atoms with van der Waals surface area (Å²) in [6.45, 7) is 1.28. The molecule has 3 rings (SSSR count). The van der Waals surface area contributed by atoms with Crippen LogP contribution in [0.1, 0.15) is 5.56 Å². The molecular formula is C11H11F2N3. The molecule has 1 aromatic carbocycles. The lowest BCUT2D eigenvalue weighted by Gasteiger charge is -2.24. The number of halogens is 2. The zero-order chi connectivity index (χ0) is 11.1. The van der Waals surface area contributed by atoms with Gasteiger partial charge in [-0.1, -0.05) is 0 Å². The van der Waals surface area contributed by atoms with Crippen LogP contribution >= 0.6 is 0 Å². The van der Waals surface area contributed by atoms with E-state index in [1.165, 1.54) is 12.1 Å². The van der Waals surface area contributed by atoms with Crippen molar-refractivity contribution in [3.05, 3.63) is 41.7 Å². The minimum atomic E-state index is -0.806. The van der Waals surface area contributed by atoms with Gasteiger partial charge in [0, 0.05) is 31.6 Å². The van der Waals surface area contributed by atoms with E-state index in [0.29, 0.717) is 6.54 Å². The number of rotatable bonds is 0. The molecule has 2 N–H and O–H groups in total. The molecule has 0 aromatic heterocycles. The number of anilines is 1. The Hall–Kier alpha value is -1.62. The fourth-order valence-corrected chi connectivity index (χ4v) is 2.13. The van der Waals surface area contributed by atoms with Crippen molar-refractivity contribution in [2.24, 2.45) is 0 Å². The van der Waals surface area contributed by atoms with Gasteiger partial charge >= 0.3 is 0 Å². The number of hydrogen-bond donors (Lipinski definition) is 2. The summed E-state index contributed by atoms with van der Waals surface area (Å²) in [6, 6.07) is 2.51. The Balaban J connectivity index is 2.12. The van der Waals surface area contributed by atoms with Crippen molar-refractivity contribution in [2.75, 3.05) is 11.4 Å². The average Bonchev–Trinajstić information content (AvgIpc) is 2.65. The quantitative estimate of drug-likeness (QED) is 0.693. The molecule has 16 heavy (non-hydrogen) atoms. The lowest BCUT2D eigenvalue weighted by atomic mass is 10.1. The van der Waals surface area contributed by atoms with Crippen molar-refractivity contribution in [1.29, 1.82) is 0 Å². The van der Waals surface area contributed by atoms with E-state index in [4.69, 9.17) is 0 Å². The number of nitrogens with zero attached hydrogens (tertiary/aromatic N) is 1. The lowest BCUT2D eigenvalue weighted by Crippen LogP contribution is -2.41. The van der Waals surface area contributed by atoms with Crippen LogP contribution < -0.4 is 15.5 Å². The topological polar surface area (TPSA) is 27.3 Å². The van der Waals surface area contributed by atoms with Crippen molar-refractivity contribution in [3.8, 4) is 0 Å². The van der Waals surface area contributed by atoms with E-state index in [9.17, 15) is 8.78 Å². The highest BCUT2D eigenvalue weighted by atomic mass is 19.2. The van der Waals surface area contributed by atoms with Gasteiger partial charge in [0.1, 0.15) is 6.17 Å². The molecule has 2 aliphatic heterocycles. The van der Waals surface area contributed by atoms with E-state index in [1.807, 2.05) is 17.3 Å². The van der Waals surface area contributed by atoms with Crippen LogP contribution in [-0.4, -0.2) is 12.7 Å². The zero-order valence-electron chi connectivity index (χ0n) is 8.50. The van der Waals surface area contributed by atoms with E-state index in [-0.39, 0.29) is 6.17 Å². The van der Waals surface area contributed by atoms with E-state index >= 15 is 0 Å². The Morgan fingerprint density at radius 2 is 2.06 bits per heavy atom. The Labute approximate surface area is 91.7 Å². The molecule has 1 aromatic rings. The number of fused-ring (bicyclic) bond motifs is 3. The average molecular weight is 223 g/mol. The minimum Gasteiger partial charge on any atom is -0.369 e. The fourth-order valence-electron chi connectivity index (χ4n) is 2.13. The third-order valence-corrected chi connectivity index (χ3v) is 2.91. The summed E-state index contributed by atoms with van der Waals surface area (Å²) in [4.78, 5) is 1.91. The van der Waals surface area contributed by atoms with Gasteiger partial charge in [-0.3, -0.25) is 0 Å². The number of hydrogen-bond acceptors (Lipinski definition) is 3. The highest BCUT2D eigenvalue weighted by Gasteiger charge is 2.26. The maximum atomic E-state index is 13.2. The van der Waals surface area contributed by atoms with Crippen molar-refractivity contribution in [3.63, 3.8) is 0 Å². The lowest BCUT2D eigenvalue weighted by molar-refractivity contribution is 0.507. The summed E-state index contributed by atoms with van der Waals surface area (Å²) in [5.74, 6) is -1.60. The van der Waals surface area contributed by atoms with Crippen LogP contribution in [0, 0.1) is 11.6 Å². The molecule has 0 aliphatic carbocycles. The highest BCUT2D eigenvalue weighted by molar-refractivity contribution is 5.59. The van der Waals surface area contributed by atoms with Crippen LogP contribution in [0.4, 0.5) is 14.5 Å². The van der Waals surface area contributed by atoms with Gasteiger partial charge in [0.05, 0.1) is 5.69 Å². The first-order valence-electron chi connectivity index (χ1n) is 5.15. The van der Waals surface area contributed by atoms with E-state index in [0.717, 1.165) is 17.8 Å². The predicted octanol–water partition coefficient (Wildman–Crippen LogP) is 1.27. The molecule has 2 aliphatic rings. The number of benzene rings is 1. The smallest absolute Gasteiger partial charge is 0.160 e. The Morgan fingerprint density at radius 3 is 2.94 bits per heavy atom. The molecule has 0 radical (unpaired) electrons. The zero-order valence-corrected chi connectivity index (χ0v) is 8.50. The molecule has 1 unspecified atom stereocenters. The SMILES string of the molecule is Fc1cc2c(cc1F)N1C=CNC1CNC2. The largest absolute Gasteiger partial charge is 0.369 e. The molecular weight excluding hydrogens is 212 g/mol. The van der Waals surface area contributed by atoms with Crippen LogP contribution in [0.15, 0.2) is 24.5 Å². The molecule has 0 fully saturated rings. The first kappa shape index (κ1) is 9.59. The van der Waals surface area contributed by atoms with Gasteiger partial charge in [-0.15, -0.1) is 0 Å². The summed E-state index contributed by atoms with van der Waals surface area (Å²) >= 11 is 0. The maximum Gasteiger partial charge on any atom is 0.160 e. The van der Waals surface area contributed by atoms with Gasteiger partial charge in [0.15, 0.2) is 11.6 Å². The second kappa shape index (κ2) is 3.45. The maximum absolute atomic E-state index is 13.2. The van der Waals surface area contributed by atoms with Crippen LogP contribution in [0.5, 0.6) is 0 Å². The first-order valence-corrected chi connectivity index (χ1v) is 5.15. The van der Waals surface area contributed by atoms with E-state index < -0.39 is 11.6 Å². The van der Waals surface area contributed by atoms with Gasteiger partial charge < -0.3 is 15.5 Å². The summed E-state index contributed by atoms with van der Waals surface area (Å²) in [5, 5.41) is 6.33. The van der Waals surface area contributed by atoms with Crippen LogP contribution in [0.3, 0.4) is 0 Å². The second-order valence-electron chi connectivity index (χ2n) is 3.93. The van der Waals surface area contributed by atoms with Crippen LogP contribution in [0.2, 0.25) is 0 Å². The predicted molar refractivity (Wildman–Crippen MR) is 56.6 cm³/mol. The molecule has 3 nitrogen and oxygen atoms in total. The normalized spacial score (nSPS) is 22.4. The van der Waals surface area contributed by atoms with Gasteiger partial charge in [0.2, 0.25) is 0 Å². The molecule has 5 heteroatoms. The van der Waals surface area contributed by atoms with Gasteiger partial charge in [-0.05, 0) is 11.6 Å². The molecule has 84 valence electrons. The van der Waals surface area contributed by atoms with Gasteiger partial charge in [-0.25, -0.2) is 8.78 Å². The molecule has 0 amide bonds. The summed E-state index contributed by atoms with van der Waals surface area (Å²) in [5.41, 5.74) is 1.49. The van der Waals surface area contributed by atoms with E-state index in [1.54, 1.807) is 0 Å². The van der Waals surface area contributed by atoms with Crippen LogP contribution in [0.25, 0.3) is 0 Å². The highest BCUT2D eigenvalue weighted by Crippen LogP contribution is 2.28. The van der Waals surface area contributed by atoms with Crippen molar-refractivity contribution < 1.29 is 8.78 Å². The Bertz CT molecular complexity index is 459.